The average molecular weight is 407 g/mol. The van der Waals surface area contributed by atoms with Crippen molar-refractivity contribution in [3.05, 3.63) is 60.2 Å². The highest BCUT2D eigenvalue weighted by molar-refractivity contribution is 5.87. The highest BCUT2D eigenvalue weighted by Crippen LogP contribution is 2.38. The molecule has 0 aromatic heterocycles. The van der Waals surface area contributed by atoms with Crippen molar-refractivity contribution in [2.24, 2.45) is 11.3 Å². The number of amides is 2. The molecule has 3 atom stereocenters. The molecule has 3 unspecified atom stereocenters. The van der Waals surface area contributed by atoms with Crippen molar-refractivity contribution in [3.63, 3.8) is 0 Å². The fraction of sp³-hybridized carbons (Fsp3) is 0.417. The number of nitrogens with zero attached hydrogens (tertiary/aromatic N) is 1. The summed E-state index contributed by atoms with van der Waals surface area (Å²) >= 11 is 0. The molecule has 2 saturated heterocycles. The summed E-state index contributed by atoms with van der Waals surface area (Å²) in [7, 11) is 1.69. The number of carbonyl (C=O) groups excluding carboxylic acids is 2. The van der Waals surface area contributed by atoms with E-state index in [1.165, 1.54) is 0 Å². The number of nitrogens with one attached hydrogen (secondary N) is 3. The third kappa shape index (κ3) is 3.85. The number of rotatable bonds is 5. The van der Waals surface area contributed by atoms with Gasteiger partial charge in [0.05, 0.1) is 11.3 Å². The summed E-state index contributed by atoms with van der Waals surface area (Å²) in [4.78, 5) is 28.1. The fourth-order valence-corrected chi connectivity index (χ4v) is 4.82. The van der Waals surface area contributed by atoms with Gasteiger partial charge in [0.1, 0.15) is 0 Å². The van der Waals surface area contributed by atoms with E-state index < -0.39 is 5.41 Å². The summed E-state index contributed by atoms with van der Waals surface area (Å²) in [6, 6.07) is 18.6. The minimum atomic E-state index is -0.613. The zero-order chi connectivity index (χ0) is 21.1. The molecule has 2 aliphatic rings. The molecule has 0 radical (unpaired) electrons. The third-order valence-corrected chi connectivity index (χ3v) is 6.58. The molecule has 0 saturated carbocycles. The van der Waals surface area contributed by atoms with E-state index in [0.29, 0.717) is 32.5 Å². The van der Waals surface area contributed by atoms with Crippen LogP contribution in [0.25, 0.3) is 11.1 Å². The Hall–Kier alpha value is -2.70. The summed E-state index contributed by atoms with van der Waals surface area (Å²) in [6.45, 7) is 3.71. The molecule has 0 spiro atoms. The lowest BCUT2D eigenvalue weighted by molar-refractivity contribution is -0.135. The third-order valence-electron chi connectivity index (χ3n) is 6.58. The van der Waals surface area contributed by atoms with E-state index in [2.05, 4.69) is 40.4 Å². The van der Waals surface area contributed by atoms with E-state index >= 15 is 0 Å². The van der Waals surface area contributed by atoms with Crippen LogP contribution in [0.1, 0.15) is 18.9 Å². The zero-order valence-corrected chi connectivity index (χ0v) is 17.7. The minimum absolute atomic E-state index is 0.0105. The first-order chi connectivity index (χ1) is 14.5. The maximum Gasteiger partial charge on any atom is 0.228 e. The van der Waals surface area contributed by atoms with Gasteiger partial charge in [-0.2, -0.15) is 0 Å². The monoisotopic (exact) mass is 406 g/mol. The summed E-state index contributed by atoms with van der Waals surface area (Å²) < 4.78 is 0. The summed E-state index contributed by atoms with van der Waals surface area (Å²) in [5.41, 5.74) is 9.00. The van der Waals surface area contributed by atoms with Crippen molar-refractivity contribution in [3.8, 4) is 11.1 Å². The summed E-state index contributed by atoms with van der Waals surface area (Å²) in [6.07, 6.45) is 1.28. The van der Waals surface area contributed by atoms with E-state index in [-0.39, 0.29) is 23.8 Å². The number of carbonyl (C=O) groups is 2. The van der Waals surface area contributed by atoms with Gasteiger partial charge in [0.15, 0.2) is 0 Å². The molecule has 3 N–H and O–H groups in total. The second kappa shape index (κ2) is 8.58. The van der Waals surface area contributed by atoms with Crippen molar-refractivity contribution < 1.29 is 9.59 Å². The summed E-state index contributed by atoms with van der Waals surface area (Å²) in [5, 5.41) is 2.86. The molecule has 6 heteroatoms. The van der Waals surface area contributed by atoms with Crippen LogP contribution in [0.3, 0.4) is 0 Å². The van der Waals surface area contributed by atoms with Crippen LogP contribution in [0.5, 0.6) is 0 Å². The molecule has 2 amide bonds. The molecular weight excluding hydrogens is 376 g/mol. The van der Waals surface area contributed by atoms with Crippen LogP contribution in [0.2, 0.25) is 0 Å². The largest absolute Gasteiger partial charge is 0.359 e. The standard InChI is InChI=1S/C24H30N4O2/c1-17-21(15-26-27-17)22(29)28-13-12-24(16-28,23(30)25-2)14-19-10-6-7-11-20(19)18-8-4-3-5-9-18/h3-11,17,21,26-27H,12-16H2,1-2H3,(H,25,30). The zero-order valence-electron chi connectivity index (χ0n) is 17.7. The topological polar surface area (TPSA) is 73.5 Å². The van der Waals surface area contributed by atoms with Crippen LogP contribution in [-0.4, -0.2) is 49.4 Å². The Morgan fingerprint density at radius 2 is 1.87 bits per heavy atom. The van der Waals surface area contributed by atoms with Gasteiger partial charge in [-0.25, -0.2) is 0 Å². The Bertz CT molecular complexity index is 916. The maximum absolute atomic E-state index is 13.1. The molecular formula is C24H30N4O2. The highest BCUT2D eigenvalue weighted by atomic mass is 16.2. The number of hydrogen-bond acceptors (Lipinski definition) is 4. The van der Waals surface area contributed by atoms with Gasteiger partial charge in [0.25, 0.3) is 0 Å². The van der Waals surface area contributed by atoms with E-state index in [1.54, 1.807) is 7.05 Å². The smallest absolute Gasteiger partial charge is 0.228 e. The Balaban J connectivity index is 1.61. The molecule has 4 rings (SSSR count). The molecule has 2 aromatic rings. The molecule has 2 fully saturated rings. The van der Waals surface area contributed by atoms with Crippen molar-refractivity contribution in [1.82, 2.24) is 21.1 Å². The lowest BCUT2D eigenvalue weighted by Gasteiger charge is -2.29. The van der Waals surface area contributed by atoms with E-state index in [9.17, 15) is 9.59 Å². The van der Waals surface area contributed by atoms with Crippen LogP contribution in [0.15, 0.2) is 54.6 Å². The average Bonchev–Trinajstić information content (AvgIpc) is 3.41. The minimum Gasteiger partial charge on any atom is -0.359 e. The molecule has 2 aliphatic heterocycles. The first-order valence-corrected chi connectivity index (χ1v) is 10.7. The van der Waals surface area contributed by atoms with E-state index in [4.69, 9.17) is 0 Å². The van der Waals surface area contributed by atoms with Crippen molar-refractivity contribution >= 4 is 11.8 Å². The Morgan fingerprint density at radius 1 is 1.13 bits per heavy atom. The number of benzene rings is 2. The van der Waals surface area contributed by atoms with Gasteiger partial charge in [-0.15, -0.1) is 0 Å². The fourth-order valence-electron chi connectivity index (χ4n) is 4.82. The first kappa shape index (κ1) is 20.6. The van der Waals surface area contributed by atoms with Gasteiger partial charge in [-0.3, -0.25) is 20.4 Å². The van der Waals surface area contributed by atoms with Gasteiger partial charge in [-0.1, -0.05) is 54.6 Å². The molecule has 158 valence electrons. The van der Waals surface area contributed by atoms with Gasteiger partial charge >= 0.3 is 0 Å². The van der Waals surface area contributed by atoms with Crippen LogP contribution in [0, 0.1) is 11.3 Å². The molecule has 6 nitrogen and oxygen atoms in total. The Labute approximate surface area is 178 Å². The maximum atomic E-state index is 13.1. The summed E-state index contributed by atoms with van der Waals surface area (Å²) in [5.74, 6) is 0.0422. The second-order valence-electron chi connectivity index (χ2n) is 8.49. The molecule has 30 heavy (non-hydrogen) atoms. The van der Waals surface area contributed by atoms with E-state index in [1.807, 2.05) is 42.2 Å². The SMILES string of the molecule is CNC(=O)C1(Cc2ccccc2-c2ccccc2)CCN(C(=O)C2CNNC2C)C1. The first-order valence-electron chi connectivity index (χ1n) is 10.7. The van der Waals surface area contributed by atoms with Gasteiger partial charge in [-0.05, 0) is 36.5 Å². The number of hydrazine groups is 1. The predicted octanol–water partition coefficient (Wildman–Crippen LogP) is 1.97. The van der Waals surface area contributed by atoms with Crippen LogP contribution in [-0.2, 0) is 16.0 Å². The van der Waals surface area contributed by atoms with Crippen LogP contribution >= 0.6 is 0 Å². The van der Waals surface area contributed by atoms with Crippen molar-refractivity contribution in [2.45, 2.75) is 25.8 Å². The Morgan fingerprint density at radius 3 is 2.57 bits per heavy atom. The molecule has 0 bridgehead atoms. The Kier molecular flexibility index (Phi) is 5.88. The van der Waals surface area contributed by atoms with Gasteiger partial charge in [0.2, 0.25) is 11.8 Å². The number of hydrogen-bond donors (Lipinski definition) is 3. The lowest BCUT2D eigenvalue weighted by atomic mass is 9.78. The molecule has 2 aromatic carbocycles. The predicted molar refractivity (Wildman–Crippen MR) is 117 cm³/mol. The van der Waals surface area contributed by atoms with Crippen molar-refractivity contribution in [2.75, 3.05) is 26.7 Å². The van der Waals surface area contributed by atoms with Gasteiger partial charge < -0.3 is 10.2 Å². The van der Waals surface area contributed by atoms with Crippen LogP contribution in [0.4, 0.5) is 0 Å². The second-order valence-corrected chi connectivity index (χ2v) is 8.49. The molecule has 2 heterocycles. The van der Waals surface area contributed by atoms with Crippen LogP contribution < -0.4 is 16.2 Å². The van der Waals surface area contributed by atoms with Gasteiger partial charge in [0, 0.05) is 32.7 Å². The van der Waals surface area contributed by atoms with E-state index in [0.717, 1.165) is 16.7 Å². The van der Waals surface area contributed by atoms with Crippen molar-refractivity contribution in [1.29, 1.82) is 0 Å². The lowest BCUT2D eigenvalue weighted by Crippen LogP contribution is -2.46. The molecule has 0 aliphatic carbocycles. The normalized spacial score (nSPS) is 26.0. The highest BCUT2D eigenvalue weighted by Gasteiger charge is 2.47. The quantitative estimate of drug-likeness (QED) is 0.710. The number of likely N-dealkylation sites (tertiary alicyclic amines) is 1.